The fourth-order valence-electron chi connectivity index (χ4n) is 2.92. The van der Waals surface area contributed by atoms with E-state index in [-0.39, 0.29) is 10.8 Å². The molecule has 3 rings (SSSR count). The third kappa shape index (κ3) is 5.53. The zero-order valence-corrected chi connectivity index (χ0v) is 17.5. The molecule has 3 aromatic rings. The standard InChI is InChI=1S/C23H24N2O3S/c1-23(2,3)25-29(27,28)20-14-12-19(13-15-20)24-22(26)16-11-18-9-6-8-17-7-4-5-10-21(17)18/h4-16,25H,1-3H3,(H,24,26). The molecule has 0 unspecified atom stereocenters. The summed E-state index contributed by atoms with van der Waals surface area (Å²) in [4.78, 5) is 12.4. The van der Waals surface area contributed by atoms with Gasteiger partial charge in [-0.05, 0) is 67.4 Å². The lowest BCUT2D eigenvalue weighted by Crippen LogP contribution is -2.40. The lowest BCUT2D eigenvalue weighted by Gasteiger charge is -2.20. The topological polar surface area (TPSA) is 75.3 Å². The highest BCUT2D eigenvalue weighted by Gasteiger charge is 2.21. The number of hydrogen-bond donors (Lipinski definition) is 2. The van der Waals surface area contributed by atoms with Crippen molar-refractivity contribution >= 4 is 38.5 Å². The van der Waals surface area contributed by atoms with Gasteiger partial charge in [0.25, 0.3) is 0 Å². The summed E-state index contributed by atoms with van der Waals surface area (Å²) in [5, 5.41) is 4.92. The summed E-state index contributed by atoms with van der Waals surface area (Å²) in [6.07, 6.45) is 3.23. The number of benzene rings is 3. The molecule has 2 N–H and O–H groups in total. The van der Waals surface area contributed by atoms with Gasteiger partial charge in [0.05, 0.1) is 4.90 Å². The molecule has 0 aromatic heterocycles. The number of nitrogens with one attached hydrogen (secondary N) is 2. The minimum Gasteiger partial charge on any atom is -0.323 e. The summed E-state index contributed by atoms with van der Waals surface area (Å²) < 4.78 is 27.3. The number of amides is 1. The van der Waals surface area contributed by atoms with Crippen LogP contribution in [0.2, 0.25) is 0 Å². The molecule has 150 valence electrons. The number of anilines is 1. The molecule has 29 heavy (non-hydrogen) atoms. The van der Waals surface area contributed by atoms with Gasteiger partial charge >= 0.3 is 0 Å². The normalized spacial score (nSPS) is 12.4. The molecule has 5 nitrogen and oxygen atoms in total. The average molecular weight is 409 g/mol. The van der Waals surface area contributed by atoms with Crippen LogP contribution in [0.4, 0.5) is 5.69 Å². The predicted molar refractivity (Wildman–Crippen MR) is 118 cm³/mol. The number of hydrogen-bond acceptors (Lipinski definition) is 3. The maximum absolute atomic E-state index is 12.3. The molecule has 0 radical (unpaired) electrons. The number of carbonyl (C=O) groups is 1. The molecule has 0 fully saturated rings. The van der Waals surface area contributed by atoms with Crippen LogP contribution in [-0.4, -0.2) is 19.9 Å². The zero-order valence-electron chi connectivity index (χ0n) is 16.6. The Kier molecular flexibility index (Phi) is 5.86. The Morgan fingerprint density at radius 3 is 2.24 bits per heavy atom. The van der Waals surface area contributed by atoms with Crippen molar-refractivity contribution in [3.05, 3.63) is 78.4 Å². The molecular formula is C23H24N2O3S. The Labute approximate surface area is 171 Å². The van der Waals surface area contributed by atoms with Crippen molar-refractivity contribution in [2.45, 2.75) is 31.2 Å². The first-order valence-corrected chi connectivity index (χ1v) is 10.7. The van der Waals surface area contributed by atoms with E-state index >= 15 is 0 Å². The zero-order chi connectivity index (χ0) is 21.1. The van der Waals surface area contributed by atoms with Crippen molar-refractivity contribution < 1.29 is 13.2 Å². The highest BCUT2D eigenvalue weighted by atomic mass is 32.2. The highest BCUT2D eigenvalue weighted by Crippen LogP contribution is 2.20. The monoisotopic (exact) mass is 408 g/mol. The van der Waals surface area contributed by atoms with Crippen LogP contribution in [0.25, 0.3) is 16.8 Å². The fourth-order valence-corrected chi connectivity index (χ4v) is 4.34. The van der Waals surface area contributed by atoms with Crippen molar-refractivity contribution in [2.24, 2.45) is 0 Å². The molecule has 0 atom stereocenters. The summed E-state index contributed by atoms with van der Waals surface area (Å²) in [5.41, 5.74) is 0.901. The number of carbonyl (C=O) groups excluding carboxylic acids is 1. The van der Waals surface area contributed by atoms with E-state index in [0.717, 1.165) is 16.3 Å². The number of fused-ring (bicyclic) bond motifs is 1. The van der Waals surface area contributed by atoms with Crippen molar-refractivity contribution in [3.63, 3.8) is 0 Å². The van der Waals surface area contributed by atoms with E-state index in [1.54, 1.807) is 39.0 Å². The van der Waals surface area contributed by atoms with Gasteiger partial charge in [-0.3, -0.25) is 4.79 Å². The SMILES string of the molecule is CC(C)(C)NS(=O)(=O)c1ccc(NC(=O)C=Cc2cccc3ccccc23)cc1. The predicted octanol–water partition coefficient (Wildman–Crippen LogP) is 4.57. The summed E-state index contributed by atoms with van der Waals surface area (Å²) in [7, 11) is -3.61. The molecule has 0 bridgehead atoms. The van der Waals surface area contributed by atoms with E-state index in [1.165, 1.54) is 18.2 Å². The molecule has 1 amide bonds. The van der Waals surface area contributed by atoms with Crippen LogP contribution in [0, 0.1) is 0 Å². The smallest absolute Gasteiger partial charge is 0.248 e. The number of sulfonamides is 1. The Morgan fingerprint density at radius 2 is 1.55 bits per heavy atom. The lowest BCUT2D eigenvalue weighted by atomic mass is 10.0. The first kappa shape index (κ1) is 20.8. The van der Waals surface area contributed by atoms with Crippen molar-refractivity contribution in [3.8, 4) is 0 Å². The van der Waals surface area contributed by atoms with Gasteiger partial charge in [-0.1, -0.05) is 42.5 Å². The van der Waals surface area contributed by atoms with Crippen LogP contribution in [0.15, 0.2) is 77.7 Å². The quantitative estimate of drug-likeness (QED) is 0.607. The van der Waals surface area contributed by atoms with Gasteiger partial charge in [-0.25, -0.2) is 13.1 Å². The van der Waals surface area contributed by atoms with Crippen molar-refractivity contribution in [1.29, 1.82) is 0 Å². The lowest BCUT2D eigenvalue weighted by molar-refractivity contribution is -0.111. The second-order valence-electron chi connectivity index (χ2n) is 7.77. The molecule has 0 aliphatic carbocycles. The Hall–Kier alpha value is -2.96. The largest absolute Gasteiger partial charge is 0.323 e. The second kappa shape index (κ2) is 8.19. The number of rotatable bonds is 5. The van der Waals surface area contributed by atoms with E-state index in [0.29, 0.717) is 5.69 Å². The molecule has 0 aliphatic rings. The molecule has 0 saturated carbocycles. The summed E-state index contributed by atoms with van der Waals surface area (Å²) in [6, 6.07) is 20.0. The Morgan fingerprint density at radius 1 is 0.897 bits per heavy atom. The van der Waals surface area contributed by atoms with Gasteiger partial charge in [0.15, 0.2) is 0 Å². The minimum absolute atomic E-state index is 0.150. The molecule has 0 aliphatic heterocycles. The van der Waals surface area contributed by atoms with Gasteiger partial charge in [-0.2, -0.15) is 0 Å². The van der Waals surface area contributed by atoms with E-state index in [1.807, 2.05) is 42.5 Å². The molecule has 0 spiro atoms. The highest BCUT2D eigenvalue weighted by molar-refractivity contribution is 7.89. The molecule has 0 saturated heterocycles. The third-order valence-electron chi connectivity index (χ3n) is 4.11. The second-order valence-corrected chi connectivity index (χ2v) is 9.45. The molecule has 3 aromatic carbocycles. The van der Waals surface area contributed by atoms with Gasteiger partial charge in [0, 0.05) is 17.3 Å². The van der Waals surface area contributed by atoms with E-state index < -0.39 is 15.6 Å². The third-order valence-corrected chi connectivity index (χ3v) is 5.88. The maximum atomic E-state index is 12.3. The Balaban J connectivity index is 1.70. The molecule has 0 heterocycles. The van der Waals surface area contributed by atoms with Crippen LogP contribution in [0.3, 0.4) is 0 Å². The van der Waals surface area contributed by atoms with E-state index in [2.05, 4.69) is 10.0 Å². The summed E-state index contributed by atoms with van der Waals surface area (Å²) in [5.74, 6) is -0.290. The summed E-state index contributed by atoms with van der Waals surface area (Å²) >= 11 is 0. The van der Waals surface area contributed by atoms with Crippen LogP contribution in [0.1, 0.15) is 26.3 Å². The van der Waals surface area contributed by atoms with Gasteiger partial charge in [0.1, 0.15) is 0 Å². The molecule has 6 heteroatoms. The van der Waals surface area contributed by atoms with Crippen LogP contribution >= 0.6 is 0 Å². The minimum atomic E-state index is -3.61. The first-order valence-electron chi connectivity index (χ1n) is 9.25. The van der Waals surface area contributed by atoms with Gasteiger partial charge in [0.2, 0.25) is 15.9 Å². The maximum Gasteiger partial charge on any atom is 0.248 e. The molecular weight excluding hydrogens is 384 g/mol. The van der Waals surface area contributed by atoms with Crippen LogP contribution in [0.5, 0.6) is 0 Å². The Bertz CT molecular complexity index is 1150. The van der Waals surface area contributed by atoms with Crippen LogP contribution < -0.4 is 10.0 Å². The summed E-state index contributed by atoms with van der Waals surface area (Å²) in [6.45, 7) is 5.34. The van der Waals surface area contributed by atoms with Gasteiger partial charge in [-0.15, -0.1) is 0 Å². The average Bonchev–Trinajstić information content (AvgIpc) is 2.65. The first-order chi connectivity index (χ1) is 13.6. The van der Waals surface area contributed by atoms with Crippen LogP contribution in [-0.2, 0) is 14.8 Å². The van der Waals surface area contributed by atoms with E-state index in [4.69, 9.17) is 0 Å². The van der Waals surface area contributed by atoms with E-state index in [9.17, 15) is 13.2 Å². The van der Waals surface area contributed by atoms with Gasteiger partial charge < -0.3 is 5.32 Å². The van der Waals surface area contributed by atoms with Crippen molar-refractivity contribution in [2.75, 3.05) is 5.32 Å². The fraction of sp³-hybridized carbons (Fsp3) is 0.174. The van der Waals surface area contributed by atoms with Crippen molar-refractivity contribution in [1.82, 2.24) is 4.72 Å².